The second-order valence-electron chi connectivity index (χ2n) is 5.19. The Labute approximate surface area is 147 Å². The third kappa shape index (κ3) is 4.92. The van der Waals surface area contributed by atoms with Gasteiger partial charge in [0.2, 0.25) is 0 Å². The zero-order chi connectivity index (χ0) is 23.0. The Bertz CT molecular complexity index is 640. The zero-order valence-corrected chi connectivity index (χ0v) is 13.6. The van der Waals surface area contributed by atoms with E-state index in [1.165, 1.54) is 0 Å². The molecule has 0 aliphatic heterocycles. The number of rotatable bonds is 10. The van der Waals surface area contributed by atoms with Gasteiger partial charge in [-0.05, 0) is 6.42 Å². The summed E-state index contributed by atoms with van der Waals surface area (Å²) in [6.07, 6.45) is -8.36. The highest BCUT2D eigenvalue weighted by Crippen LogP contribution is 2.60. The van der Waals surface area contributed by atoms with Crippen molar-refractivity contribution in [3.8, 4) is 0 Å². The highest BCUT2D eigenvalue weighted by Gasteiger charge is 2.90. The second-order valence-corrected chi connectivity index (χ2v) is 6.76. The predicted molar refractivity (Wildman–Crippen MR) is 62.6 cm³/mol. The summed E-state index contributed by atoms with van der Waals surface area (Å²) in [7, 11) is -4.67. The topological polar surface area (TPSA) is 63.6 Å². The summed E-state index contributed by atoms with van der Waals surface area (Å²) in [6.45, 7) is -4.12. The lowest BCUT2D eigenvalue weighted by Crippen LogP contribution is -2.70. The maximum Gasteiger partial charge on any atom is 0.460 e. The molecule has 28 heavy (non-hydrogen) atoms. The van der Waals surface area contributed by atoms with Crippen LogP contribution < -0.4 is 0 Å². The van der Waals surface area contributed by atoms with Crippen molar-refractivity contribution in [1.82, 2.24) is 0 Å². The molecule has 0 rings (SSSR count). The summed E-state index contributed by atoms with van der Waals surface area (Å²) in [5.74, 6) is -38.7. The van der Waals surface area contributed by atoms with Crippen LogP contribution in [0.15, 0.2) is 0 Å². The summed E-state index contributed by atoms with van der Waals surface area (Å²) in [5.41, 5.74) is 0. The van der Waals surface area contributed by atoms with Gasteiger partial charge in [0.15, 0.2) is 0 Å². The maximum absolute atomic E-state index is 13.2. The molecule has 0 saturated heterocycles. The molecule has 0 aliphatic rings. The Balaban J connectivity index is 5.56. The summed E-state index contributed by atoms with van der Waals surface area (Å²) in [4.78, 5) is 0. The van der Waals surface area contributed by atoms with E-state index in [9.17, 15) is 65.5 Å². The summed E-state index contributed by atoms with van der Waals surface area (Å²) in [6, 6.07) is 0. The average molecular weight is 472 g/mol. The van der Waals surface area contributed by atoms with Crippen molar-refractivity contribution in [1.29, 1.82) is 0 Å². The molecule has 0 spiro atoms. The molecule has 0 aromatic carbocycles. The fourth-order valence-corrected chi connectivity index (χ4v) is 1.92. The maximum atomic E-state index is 13.2. The number of hydrogen-bond donors (Lipinski definition) is 1. The molecule has 0 bridgehead atoms. The minimum Gasteiger partial charge on any atom is -0.375 e. The van der Waals surface area contributed by atoms with E-state index >= 15 is 0 Å². The number of ether oxygens (including phenoxy) is 1. The van der Waals surface area contributed by atoms with Crippen LogP contribution in [0.2, 0.25) is 0 Å². The van der Waals surface area contributed by atoms with Crippen molar-refractivity contribution in [3.63, 3.8) is 0 Å². The minimum atomic E-state index is -7.99. The highest BCUT2D eigenvalue weighted by atomic mass is 32.2. The van der Waals surface area contributed by atoms with Gasteiger partial charge in [-0.1, -0.05) is 0 Å². The summed E-state index contributed by atoms with van der Waals surface area (Å²) >= 11 is 0. The third-order valence-electron chi connectivity index (χ3n) is 2.97. The zero-order valence-electron chi connectivity index (χ0n) is 12.8. The summed E-state index contributed by atoms with van der Waals surface area (Å²) < 4.78 is 198. The molecule has 170 valence electrons. The molecular weight excluding hydrogens is 463 g/mol. The summed E-state index contributed by atoms with van der Waals surface area (Å²) in [5, 5.41) is 0. The third-order valence-corrected chi connectivity index (χ3v) is 3.78. The fourth-order valence-electron chi connectivity index (χ4n) is 1.44. The van der Waals surface area contributed by atoms with Crippen LogP contribution in [-0.2, 0) is 14.9 Å². The first kappa shape index (κ1) is 27.0. The van der Waals surface area contributed by atoms with E-state index in [2.05, 4.69) is 4.74 Å². The number of halogens is 13. The van der Waals surface area contributed by atoms with Crippen LogP contribution in [0, 0.1) is 0 Å². The van der Waals surface area contributed by atoms with Gasteiger partial charge in [0.1, 0.15) is 6.61 Å². The molecule has 0 unspecified atom stereocenters. The van der Waals surface area contributed by atoms with E-state index < -0.39 is 71.3 Å². The van der Waals surface area contributed by atoms with Crippen LogP contribution >= 0.6 is 0 Å². The highest BCUT2D eigenvalue weighted by molar-refractivity contribution is 7.85. The van der Waals surface area contributed by atoms with Crippen LogP contribution in [0.5, 0.6) is 0 Å². The van der Waals surface area contributed by atoms with Crippen LogP contribution in [0.25, 0.3) is 0 Å². The van der Waals surface area contributed by atoms with Gasteiger partial charge >= 0.3 is 35.8 Å². The Morgan fingerprint density at radius 1 is 0.679 bits per heavy atom. The van der Waals surface area contributed by atoms with Crippen molar-refractivity contribution in [2.75, 3.05) is 19.0 Å². The van der Waals surface area contributed by atoms with Crippen LogP contribution in [0.1, 0.15) is 6.42 Å². The van der Waals surface area contributed by atoms with Gasteiger partial charge in [-0.2, -0.15) is 65.5 Å². The first-order valence-corrected chi connectivity index (χ1v) is 8.05. The van der Waals surface area contributed by atoms with E-state index in [0.717, 1.165) is 0 Å². The van der Waals surface area contributed by atoms with Gasteiger partial charge in [-0.15, -0.1) is 0 Å². The molecule has 18 heteroatoms. The molecular formula is C10H9F13O4S. The molecule has 0 heterocycles. The van der Waals surface area contributed by atoms with Crippen LogP contribution in [0.4, 0.5) is 57.1 Å². The molecule has 4 nitrogen and oxygen atoms in total. The van der Waals surface area contributed by atoms with Gasteiger partial charge in [-0.25, -0.2) is 0 Å². The van der Waals surface area contributed by atoms with E-state index in [1.54, 1.807) is 0 Å². The second kappa shape index (κ2) is 7.66. The Morgan fingerprint density at radius 3 is 1.43 bits per heavy atom. The van der Waals surface area contributed by atoms with Gasteiger partial charge in [0.05, 0.1) is 5.75 Å². The molecule has 0 aromatic rings. The van der Waals surface area contributed by atoms with Crippen molar-refractivity contribution in [2.24, 2.45) is 0 Å². The van der Waals surface area contributed by atoms with Crippen molar-refractivity contribution < 1.29 is 74.8 Å². The van der Waals surface area contributed by atoms with Gasteiger partial charge in [0.25, 0.3) is 10.1 Å². The first-order valence-electron chi connectivity index (χ1n) is 6.44. The molecule has 1 N–H and O–H groups in total. The SMILES string of the molecule is O=S(=O)(O)CCCOCC(F)(F)C(F)(F)C(F)(F)C(F)(F)C(F)(F)C(F)(F)F. The van der Waals surface area contributed by atoms with E-state index in [1.807, 2.05) is 0 Å². The van der Waals surface area contributed by atoms with Crippen molar-refractivity contribution in [2.45, 2.75) is 42.2 Å². The van der Waals surface area contributed by atoms with E-state index in [4.69, 9.17) is 4.55 Å². The minimum absolute atomic E-state index is 0.876. The largest absolute Gasteiger partial charge is 0.460 e. The van der Waals surface area contributed by atoms with E-state index in [0.29, 0.717) is 0 Å². The van der Waals surface area contributed by atoms with Crippen molar-refractivity contribution >= 4 is 10.1 Å². The lowest BCUT2D eigenvalue weighted by Gasteiger charge is -2.39. The predicted octanol–water partition coefficient (Wildman–Crippen LogP) is 4.02. The molecule has 0 fully saturated rings. The Morgan fingerprint density at radius 2 is 1.07 bits per heavy atom. The molecule has 0 aromatic heterocycles. The monoisotopic (exact) mass is 472 g/mol. The smallest absolute Gasteiger partial charge is 0.375 e. The standard InChI is InChI=1S/C10H9F13O4S/c11-5(12,4-27-2-1-3-28(24,25)26)6(13,14)7(15,16)8(17,18)9(19,20)10(21,22)23/h1-4H2,(H,24,25,26). The van der Waals surface area contributed by atoms with Crippen LogP contribution in [-0.4, -0.2) is 67.7 Å². The Kier molecular flexibility index (Phi) is 7.37. The molecule has 0 aliphatic carbocycles. The van der Waals surface area contributed by atoms with Crippen molar-refractivity contribution in [3.05, 3.63) is 0 Å². The number of alkyl halides is 13. The van der Waals surface area contributed by atoms with Gasteiger partial charge in [0, 0.05) is 6.61 Å². The normalized spacial score (nSPS) is 15.8. The molecule has 0 radical (unpaired) electrons. The quantitative estimate of drug-likeness (QED) is 0.297. The lowest BCUT2D eigenvalue weighted by atomic mass is 9.94. The van der Waals surface area contributed by atoms with Gasteiger partial charge < -0.3 is 4.74 Å². The van der Waals surface area contributed by atoms with Crippen LogP contribution in [0.3, 0.4) is 0 Å². The molecule has 0 saturated carbocycles. The van der Waals surface area contributed by atoms with E-state index in [-0.39, 0.29) is 0 Å². The number of hydrogen-bond acceptors (Lipinski definition) is 3. The lowest BCUT2D eigenvalue weighted by molar-refractivity contribution is -0.441. The Hall–Kier alpha value is -1.04. The fraction of sp³-hybridized carbons (Fsp3) is 1.00. The van der Waals surface area contributed by atoms with Gasteiger partial charge in [-0.3, -0.25) is 4.55 Å². The molecule has 0 amide bonds. The molecule has 0 atom stereocenters. The first-order chi connectivity index (χ1) is 12.0. The average Bonchev–Trinajstić information content (AvgIpc) is 2.43.